The number of nitrogens with one attached hydrogen (secondary N) is 2. The first-order valence-electron chi connectivity index (χ1n) is 11.6. The predicted octanol–water partition coefficient (Wildman–Crippen LogP) is 4.81. The summed E-state index contributed by atoms with van der Waals surface area (Å²) in [4.78, 5) is 37.1. The normalized spacial score (nSPS) is 19.8. The molecule has 0 radical (unpaired) electrons. The molecule has 0 bridgehead atoms. The molecule has 2 rings (SSSR count). The minimum atomic E-state index is -2.03. The molecular formula is C25H40N2O5Si. The van der Waals surface area contributed by atoms with Crippen LogP contribution in [0, 0.1) is 5.92 Å². The van der Waals surface area contributed by atoms with Crippen LogP contribution in [0.2, 0.25) is 18.1 Å². The minimum Gasteiger partial charge on any atom is -0.444 e. The molecule has 0 aromatic heterocycles. The first kappa shape index (κ1) is 27.1. The molecule has 1 fully saturated rings. The second-order valence-electron chi connectivity index (χ2n) is 11.4. The van der Waals surface area contributed by atoms with Gasteiger partial charge in [-0.1, -0.05) is 39.0 Å². The van der Waals surface area contributed by atoms with Crippen molar-refractivity contribution in [1.29, 1.82) is 0 Å². The van der Waals surface area contributed by atoms with E-state index in [2.05, 4.69) is 44.5 Å². The summed E-state index contributed by atoms with van der Waals surface area (Å²) < 4.78 is 11.7. The molecule has 184 valence electrons. The fourth-order valence-corrected chi connectivity index (χ4v) is 4.98. The van der Waals surface area contributed by atoms with Crippen molar-refractivity contribution in [2.75, 3.05) is 0 Å². The van der Waals surface area contributed by atoms with Gasteiger partial charge in [0.05, 0.1) is 18.1 Å². The SMILES string of the molecule is C[C@H](O[Si](C)(C)C(C)(C)C)[C@H]1C(=O)N[C@@H]1CC(=O)c1cccc(CNC(=O)OC(C)(C)C)c1. The molecule has 33 heavy (non-hydrogen) atoms. The Morgan fingerprint density at radius 3 is 2.33 bits per heavy atom. The van der Waals surface area contributed by atoms with Gasteiger partial charge in [-0.25, -0.2) is 4.79 Å². The number of alkyl carbamates (subject to hydrolysis) is 1. The molecule has 7 nitrogen and oxygen atoms in total. The molecule has 3 atom stereocenters. The number of carbonyl (C=O) groups excluding carboxylic acids is 3. The van der Waals surface area contributed by atoms with E-state index in [1.54, 1.807) is 39.0 Å². The fraction of sp³-hybridized carbons (Fsp3) is 0.640. The van der Waals surface area contributed by atoms with Crippen LogP contribution >= 0.6 is 0 Å². The summed E-state index contributed by atoms with van der Waals surface area (Å²) in [5.74, 6) is -0.446. The second kappa shape index (κ2) is 9.97. The average molecular weight is 477 g/mol. The van der Waals surface area contributed by atoms with Gasteiger partial charge < -0.3 is 19.8 Å². The maximum absolute atomic E-state index is 12.9. The predicted molar refractivity (Wildman–Crippen MR) is 132 cm³/mol. The summed E-state index contributed by atoms with van der Waals surface area (Å²) in [5.41, 5.74) is 0.781. The monoisotopic (exact) mass is 476 g/mol. The summed E-state index contributed by atoms with van der Waals surface area (Å²) >= 11 is 0. The Labute approximate surface area is 199 Å². The fourth-order valence-electron chi connectivity index (χ4n) is 3.55. The zero-order valence-corrected chi connectivity index (χ0v) is 22.5. The molecule has 0 saturated carbocycles. The Morgan fingerprint density at radius 2 is 1.79 bits per heavy atom. The van der Waals surface area contributed by atoms with E-state index in [9.17, 15) is 14.4 Å². The molecule has 0 unspecified atom stereocenters. The zero-order chi connectivity index (χ0) is 25.2. The maximum Gasteiger partial charge on any atom is 0.407 e. The van der Waals surface area contributed by atoms with Crippen molar-refractivity contribution in [2.24, 2.45) is 5.92 Å². The molecule has 1 aliphatic heterocycles. The van der Waals surface area contributed by atoms with Crippen molar-refractivity contribution < 1.29 is 23.5 Å². The molecule has 0 spiro atoms. The number of hydrogen-bond acceptors (Lipinski definition) is 5. The Bertz CT molecular complexity index is 886. The third-order valence-corrected chi connectivity index (χ3v) is 10.9. The van der Waals surface area contributed by atoms with Crippen LogP contribution in [0.25, 0.3) is 0 Å². The summed E-state index contributed by atoms with van der Waals surface area (Å²) in [6.45, 7) is 18.4. The van der Waals surface area contributed by atoms with Crippen LogP contribution in [0.3, 0.4) is 0 Å². The Morgan fingerprint density at radius 1 is 1.15 bits per heavy atom. The molecular weight excluding hydrogens is 436 g/mol. The van der Waals surface area contributed by atoms with Gasteiger partial charge >= 0.3 is 6.09 Å². The third kappa shape index (κ3) is 7.40. The van der Waals surface area contributed by atoms with Gasteiger partial charge in [-0.2, -0.15) is 0 Å². The molecule has 2 amide bonds. The number of ketones is 1. The van der Waals surface area contributed by atoms with Crippen molar-refractivity contribution in [3.8, 4) is 0 Å². The number of hydrogen-bond donors (Lipinski definition) is 2. The van der Waals surface area contributed by atoms with Crippen molar-refractivity contribution >= 4 is 26.1 Å². The van der Waals surface area contributed by atoms with Gasteiger partial charge in [0, 0.05) is 18.5 Å². The lowest BCUT2D eigenvalue weighted by Crippen LogP contribution is -2.64. The number of amides is 2. The molecule has 1 heterocycles. The minimum absolute atomic E-state index is 0.0422. The smallest absolute Gasteiger partial charge is 0.407 e. The van der Waals surface area contributed by atoms with Crippen LogP contribution in [0.15, 0.2) is 24.3 Å². The van der Waals surface area contributed by atoms with Crippen LogP contribution in [0.1, 0.15) is 70.8 Å². The van der Waals surface area contributed by atoms with Gasteiger partial charge in [0.1, 0.15) is 5.60 Å². The van der Waals surface area contributed by atoms with Crippen molar-refractivity contribution in [2.45, 2.75) is 97.3 Å². The molecule has 1 aliphatic rings. The number of benzene rings is 1. The zero-order valence-electron chi connectivity index (χ0n) is 21.5. The van der Waals surface area contributed by atoms with E-state index < -0.39 is 20.0 Å². The lowest BCUT2D eigenvalue weighted by Gasteiger charge is -2.45. The van der Waals surface area contributed by atoms with E-state index >= 15 is 0 Å². The van der Waals surface area contributed by atoms with E-state index in [1.807, 2.05) is 13.0 Å². The topological polar surface area (TPSA) is 93.7 Å². The van der Waals surface area contributed by atoms with Crippen LogP contribution in [-0.2, 0) is 20.5 Å². The van der Waals surface area contributed by atoms with Gasteiger partial charge in [0.25, 0.3) is 0 Å². The van der Waals surface area contributed by atoms with Crippen LogP contribution in [-0.4, -0.2) is 43.8 Å². The van der Waals surface area contributed by atoms with Gasteiger partial charge in [-0.3, -0.25) is 9.59 Å². The van der Waals surface area contributed by atoms with Gasteiger partial charge in [-0.15, -0.1) is 0 Å². The van der Waals surface area contributed by atoms with Crippen molar-refractivity contribution in [1.82, 2.24) is 10.6 Å². The number of rotatable bonds is 8. The van der Waals surface area contributed by atoms with Crippen molar-refractivity contribution in [3.63, 3.8) is 0 Å². The first-order valence-corrected chi connectivity index (χ1v) is 14.5. The summed E-state index contributed by atoms with van der Waals surface area (Å²) in [5, 5.41) is 5.62. The van der Waals surface area contributed by atoms with Crippen LogP contribution in [0.4, 0.5) is 4.79 Å². The lowest BCUT2D eigenvalue weighted by atomic mass is 9.82. The highest BCUT2D eigenvalue weighted by Crippen LogP contribution is 2.39. The Hall–Kier alpha value is -2.19. The maximum atomic E-state index is 12.9. The van der Waals surface area contributed by atoms with E-state index in [1.165, 1.54) is 0 Å². The molecule has 8 heteroatoms. The van der Waals surface area contributed by atoms with E-state index in [0.717, 1.165) is 5.56 Å². The molecule has 1 aromatic carbocycles. The molecule has 1 saturated heterocycles. The highest BCUT2D eigenvalue weighted by atomic mass is 28.4. The number of carbonyl (C=O) groups is 3. The lowest BCUT2D eigenvalue weighted by molar-refractivity contribution is -0.139. The average Bonchev–Trinajstić information content (AvgIpc) is 2.63. The second-order valence-corrected chi connectivity index (χ2v) is 16.2. The van der Waals surface area contributed by atoms with Crippen molar-refractivity contribution in [3.05, 3.63) is 35.4 Å². The quantitative estimate of drug-likeness (QED) is 0.319. The van der Waals surface area contributed by atoms with Gasteiger partial charge in [0.2, 0.25) is 5.91 Å². The Kier molecular flexibility index (Phi) is 8.17. The van der Waals surface area contributed by atoms with Crippen LogP contribution < -0.4 is 10.6 Å². The van der Waals surface area contributed by atoms with Crippen LogP contribution in [0.5, 0.6) is 0 Å². The number of β-lactam (4-membered cyclic amide) rings is 1. The highest BCUT2D eigenvalue weighted by Gasteiger charge is 2.47. The largest absolute Gasteiger partial charge is 0.444 e. The number of Topliss-reactive ketones (excluding diaryl/α,β-unsaturated/α-hetero) is 1. The number of ether oxygens (including phenoxy) is 1. The summed E-state index contributed by atoms with van der Waals surface area (Å²) in [6.07, 6.45) is -0.540. The van der Waals surface area contributed by atoms with E-state index in [0.29, 0.717) is 5.56 Å². The molecule has 1 aromatic rings. The standard InChI is InChI=1S/C25H40N2O5Si/c1-16(32-33(8,9)25(5,6)7)21-19(27-22(21)29)14-20(28)18-12-10-11-17(13-18)15-26-23(30)31-24(2,3)4/h10-13,16,19,21H,14-15H2,1-9H3,(H,26,30)(H,27,29)/t16-,19+,21+/m0/s1. The first-order chi connectivity index (χ1) is 15.0. The summed E-state index contributed by atoms with van der Waals surface area (Å²) in [7, 11) is -2.03. The Balaban J connectivity index is 1.98. The third-order valence-electron chi connectivity index (χ3n) is 6.35. The summed E-state index contributed by atoms with van der Waals surface area (Å²) in [6, 6.07) is 6.92. The molecule has 0 aliphatic carbocycles. The van der Waals surface area contributed by atoms with E-state index in [4.69, 9.17) is 9.16 Å². The van der Waals surface area contributed by atoms with E-state index in [-0.39, 0.29) is 47.8 Å². The van der Waals surface area contributed by atoms with Gasteiger partial charge in [0.15, 0.2) is 14.1 Å². The molecule has 2 N–H and O–H groups in total. The highest BCUT2D eigenvalue weighted by molar-refractivity contribution is 6.74. The van der Waals surface area contributed by atoms with Gasteiger partial charge in [-0.05, 0) is 57.5 Å².